The fourth-order valence-corrected chi connectivity index (χ4v) is 1.64. The van der Waals surface area contributed by atoms with E-state index in [1.165, 1.54) is 0 Å². The highest BCUT2D eigenvalue weighted by Gasteiger charge is 2.10. The lowest BCUT2D eigenvalue weighted by Gasteiger charge is -2.21. The number of hydrogen-bond acceptors (Lipinski definition) is 5. The molecule has 90 valence electrons. The molecule has 0 spiro atoms. The van der Waals surface area contributed by atoms with Gasteiger partial charge in [-0.3, -0.25) is 0 Å². The predicted molar refractivity (Wildman–Crippen MR) is 63.6 cm³/mol. The number of anilines is 1. The van der Waals surface area contributed by atoms with Gasteiger partial charge < -0.3 is 14.5 Å². The topological polar surface area (TPSA) is 62.4 Å². The minimum atomic E-state index is 0.0890. The fraction of sp³-hybridized carbons (Fsp3) is 0.333. The molecule has 1 aromatic heterocycles. The van der Waals surface area contributed by atoms with E-state index in [-0.39, 0.29) is 6.61 Å². The molecule has 2 aromatic rings. The van der Waals surface area contributed by atoms with E-state index in [0.717, 1.165) is 5.69 Å². The molecule has 0 unspecified atom stereocenters. The van der Waals surface area contributed by atoms with Gasteiger partial charge in [0, 0.05) is 19.2 Å². The molecule has 1 heterocycles. The minimum absolute atomic E-state index is 0.0890. The number of aromatic nitrogens is 2. The third-order valence-electron chi connectivity index (χ3n) is 2.39. The summed E-state index contributed by atoms with van der Waals surface area (Å²) in [7, 11) is 0. The molecule has 0 fully saturated rings. The Bertz CT molecular complexity index is 456. The Kier molecular flexibility index (Phi) is 3.72. The summed E-state index contributed by atoms with van der Waals surface area (Å²) in [6, 6.07) is 9.85. The van der Waals surface area contributed by atoms with Crippen LogP contribution in [0, 0.1) is 6.92 Å². The van der Waals surface area contributed by atoms with Gasteiger partial charge in [-0.2, -0.15) is 4.98 Å². The van der Waals surface area contributed by atoms with Crippen LogP contribution in [0.5, 0.6) is 0 Å². The van der Waals surface area contributed by atoms with Crippen LogP contribution in [-0.4, -0.2) is 28.4 Å². The highest BCUT2D eigenvalue weighted by atomic mass is 16.5. The highest BCUT2D eigenvalue weighted by Crippen LogP contribution is 2.15. The Balaban J connectivity index is 2.13. The van der Waals surface area contributed by atoms with Crippen molar-refractivity contribution in [3.8, 4) is 0 Å². The van der Waals surface area contributed by atoms with E-state index >= 15 is 0 Å². The quantitative estimate of drug-likeness (QED) is 0.845. The van der Waals surface area contributed by atoms with Crippen LogP contribution in [0.2, 0.25) is 0 Å². The molecule has 0 radical (unpaired) electrons. The van der Waals surface area contributed by atoms with E-state index in [4.69, 9.17) is 9.63 Å². The summed E-state index contributed by atoms with van der Waals surface area (Å²) in [5.74, 6) is 1.18. The SMILES string of the molecule is Cc1nc(CN(CCO)c2ccccc2)no1. The molecule has 0 aliphatic carbocycles. The van der Waals surface area contributed by atoms with Crippen molar-refractivity contribution < 1.29 is 9.63 Å². The van der Waals surface area contributed by atoms with Gasteiger partial charge in [0.05, 0.1) is 13.2 Å². The number of aliphatic hydroxyl groups excluding tert-OH is 1. The Morgan fingerprint density at radius 3 is 2.65 bits per heavy atom. The normalized spacial score (nSPS) is 10.5. The van der Waals surface area contributed by atoms with E-state index in [9.17, 15) is 0 Å². The van der Waals surface area contributed by atoms with E-state index in [1.54, 1.807) is 6.92 Å². The van der Waals surface area contributed by atoms with Crippen LogP contribution in [-0.2, 0) is 6.54 Å². The molecule has 1 aromatic carbocycles. The van der Waals surface area contributed by atoms with Gasteiger partial charge in [0.25, 0.3) is 0 Å². The number of hydrogen-bond donors (Lipinski definition) is 1. The Morgan fingerprint density at radius 1 is 1.29 bits per heavy atom. The van der Waals surface area contributed by atoms with Crippen LogP contribution in [0.25, 0.3) is 0 Å². The van der Waals surface area contributed by atoms with Crippen LogP contribution in [0.1, 0.15) is 11.7 Å². The van der Waals surface area contributed by atoms with Gasteiger partial charge in [-0.1, -0.05) is 23.4 Å². The maximum atomic E-state index is 9.08. The van der Waals surface area contributed by atoms with Crippen molar-refractivity contribution in [3.05, 3.63) is 42.0 Å². The predicted octanol–water partition coefficient (Wildman–Crippen LogP) is 1.38. The molecule has 0 atom stereocenters. The highest BCUT2D eigenvalue weighted by molar-refractivity contribution is 5.45. The maximum absolute atomic E-state index is 9.08. The van der Waals surface area contributed by atoms with E-state index in [1.807, 2.05) is 35.2 Å². The van der Waals surface area contributed by atoms with Crippen molar-refractivity contribution in [3.63, 3.8) is 0 Å². The molecule has 0 amide bonds. The first kappa shape index (κ1) is 11.6. The molecule has 0 bridgehead atoms. The number of aryl methyl sites for hydroxylation is 1. The summed E-state index contributed by atoms with van der Waals surface area (Å²) in [4.78, 5) is 6.16. The molecule has 1 N–H and O–H groups in total. The summed E-state index contributed by atoms with van der Waals surface area (Å²) >= 11 is 0. The van der Waals surface area contributed by atoms with Gasteiger partial charge in [-0.05, 0) is 12.1 Å². The number of aliphatic hydroxyl groups is 1. The molecular formula is C12H15N3O2. The van der Waals surface area contributed by atoms with E-state index in [2.05, 4.69) is 10.1 Å². The number of nitrogens with zero attached hydrogens (tertiary/aromatic N) is 3. The lowest BCUT2D eigenvalue weighted by molar-refractivity contribution is 0.300. The molecule has 0 saturated heterocycles. The molecule has 0 saturated carbocycles. The second-order valence-corrected chi connectivity index (χ2v) is 3.71. The van der Waals surface area contributed by atoms with Gasteiger partial charge in [0.15, 0.2) is 5.82 Å². The first-order chi connectivity index (χ1) is 8.29. The smallest absolute Gasteiger partial charge is 0.223 e. The summed E-state index contributed by atoms with van der Waals surface area (Å²) < 4.78 is 4.93. The second-order valence-electron chi connectivity index (χ2n) is 3.71. The van der Waals surface area contributed by atoms with Crippen LogP contribution < -0.4 is 4.90 Å². The molecule has 5 nitrogen and oxygen atoms in total. The largest absolute Gasteiger partial charge is 0.395 e. The average Bonchev–Trinajstić information content (AvgIpc) is 2.75. The molecular weight excluding hydrogens is 218 g/mol. The average molecular weight is 233 g/mol. The molecule has 2 rings (SSSR count). The monoisotopic (exact) mass is 233 g/mol. The van der Waals surface area contributed by atoms with Crippen LogP contribution in [0.4, 0.5) is 5.69 Å². The summed E-state index contributed by atoms with van der Waals surface area (Å²) in [6.45, 7) is 2.92. The zero-order valence-electron chi connectivity index (χ0n) is 9.71. The third kappa shape index (κ3) is 3.04. The summed E-state index contributed by atoms with van der Waals surface area (Å²) in [5.41, 5.74) is 1.03. The summed E-state index contributed by atoms with van der Waals surface area (Å²) in [5, 5.41) is 12.9. The Hall–Kier alpha value is -1.88. The Labute approximate surface area is 99.7 Å². The first-order valence-electron chi connectivity index (χ1n) is 5.49. The van der Waals surface area contributed by atoms with Gasteiger partial charge >= 0.3 is 0 Å². The number of rotatable bonds is 5. The zero-order chi connectivity index (χ0) is 12.1. The standard InChI is InChI=1S/C12H15N3O2/c1-10-13-12(14-17-10)9-15(7-8-16)11-5-3-2-4-6-11/h2-6,16H,7-9H2,1H3. The second kappa shape index (κ2) is 5.45. The lowest BCUT2D eigenvalue weighted by atomic mass is 10.3. The maximum Gasteiger partial charge on any atom is 0.223 e. The van der Waals surface area contributed by atoms with Crippen molar-refractivity contribution in [2.45, 2.75) is 13.5 Å². The van der Waals surface area contributed by atoms with Gasteiger partial charge in [0.2, 0.25) is 5.89 Å². The van der Waals surface area contributed by atoms with Crippen molar-refractivity contribution in [1.82, 2.24) is 10.1 Å². The van der Waals surface area contributed by atoms with Crippen molar-refractivity contribution in [2.75, 3.05) is 18.1 Å². The number of para-hydroxylation sites is 1. The molecule has 0 aliphatic heterocycles. The zero-order valence-corrected chi connectivity index (χ0v) is 9.71. The van der Waals surface area contributed by atoms with Gasteiger partial charge in [-0.15, -0.1) is 0 Å². The summed E-state index contributed by atoms with van der Waals surface area (Å²) in [6.07, 6.45) is 0. The number of benzene rings is 1. The van der Waals surface area contributed by atoms with E-state index < -0.39 is 0 Å². The van der Waals surface area contributed by atoms with Gasteiger partial charge in [0.1, 0.15) is 0 Å². The molecule has 0 aliphatic rings. The van der Waals surface area contributed by atoms with Crippen LogP contribution in [0.3, 0.4) is 0 Å². The third-order valence-corrected chi connectivity index (χ3v) is 2.39. The van der Waals surface area contributed by atoms with Crippen LogP contribution >= 0.6 is 0 Å². The van der Waals surface area contributed by atoms with Crippen molar-refractivity contribution in [2.24, 2.45) is 0 Å². The van der Waals surface area contributed by atoms with E-state index in [0.29, 0.717) is 24.8 Å². The molecule has 5 heteroatoms. The minimum Gasteiger partial charge on any atom is -0.395 e. The van der Waals surface area contributed by atoms with Gasteiger partial charge in [-0.25, -0.2) is 0 Å². The first-order valence-corrected chi connectivity index (χ1v) is 5.49. The van der Waals surface area contributed by atoms with Crippen molar-refractivity contribution >= 4 is 5.69 Å². The molecule has 17 heavy (non-hydrogen) atoms. The van der Waals surface area contributed by atoms with Crippen LogP contribution in [0.15, 0.2) is 34.9 Å². The fourth-order valence-electron chi connectivity index (χ4n) is 1.64. The van der Waals surface area contributed by atoms with Crippen molar-refractivity contribution in [1.29, 1.82) is 0 Å². The lowest BCUT2D eigenvalue weighted by Crippen LogP contribution is -2.26. The Morgan fingerprint density at radius 2 is 2.06 bits per heavy atom.